The molecule has 3 heterocycles. The van der Waals surface area contributed by atoms with Gasteiger partial charge in [0.25, 0.3) is 5.91 Å². The third kappa shape index (κ3) is 2.12. The van der Waals surface area contributed by atoms with Gasteiger partial charge in [-0.05, 0) is 29.6 Å². The lowest BCUT2D eigenvalue weighted by Gasteiger charge is -1.99. The second-order valence-corrected chi connectivity index (χ2v) is 4.89. The van der Waals surface area contributed by atoms with Crippen molar-refractivity contribution in [1.82, 2.24) is 14.9 Å². The maximum absolute atomic E-state index is 11.9. The van der Waals surface area contributed by atoms with Gasteiger partial charge in [0.1, 0.15) is 0 Å². The Labute approximate surface area is 108 Å². The number of fused-ring (bicyclic) bond motifs is 1. The average molecular weight is 257 g/mol. The maximum atomic E-state index is 11.9. The summed E-state index contributed by atoms with van der Waals surface area (Å²) in [4.78, 5) is 13.1. The van der Waals surface area contributed by atoms with Crippen LogP contribution in [0.4, 0.5) is 0 Å². The topological polar surface area (TPSA) is 46.4 Å². The summed E-state index contributed by atoms with van der Waals surface area (Å²) in [6, 6.07) is 11.5. The molecular weight excluding hydrogens is 246 g/mol. The van der Waals surface area contributed by atoms with Gasteiger partial charge in [0.15, 0.2) is 5.69 Å². The summed E-state index contributed by atoms with van der Waals surface area (Å²) < 4.78 is 1.69. The van der Waals surface area contributed by atoms with E-state index < -0.39 is 0 Å². The Morgan fingerprint density at radius 1 is 1.33 bits per heavy atom. The highest BCUT2D eigenvalue weighted by Crippen LogP contribution is 2.09. The Hall–Kier alpha value is -2.14. The number of thiophene rings is 1. The molecule has 3 aromatic heterocycles. The minimum absolute atomic E-state index is 0.146. The number of hydrogen-bond acceptors (Lipinski definition) is 3. The first-order chi connectivity index (χ1) is 8.83. The quantitative estimate of drug-likeness (QED) is 0.782. The van der Waals surface area contributed by atoms with E-state index in [4.69, 9.17) is 0 Å². The Morgan fingerprint density at radius 2 is 2.28 bits per heavy atom. The van der Waals surface area contributed by atoms with Gasteiger partial charge in [0.2, 0.25) is 0 Å². The van der Waals surface area contributed by atoms with Crippen molar-refractivity contribution < 1.29 is 4.79 Å². The van der Waals surface area contributed by atoms with Gasteiger partial charge in [-0.2, -0.15) is 5.10 Å². The number of amides is 1. The van der Waals surface area contributed by atoms with Gasteiger partial charge in [-0.15, -0.1) is 11.3 Å². The standard InChI is InChI=1S/C13H11N3OS/c17-13(14-9-11-5-3-7-18-11)12-8-10-4-1-2-6-16(10)15-12/h1-8H,9H2,(H,14,17). The zero-order valence-corrected chi connectivity index (χ0v) is 10.4. The summed E-state index contributed by atoms with van der Waals surface area (Å²) in [6.45, 7) is 0.546. The fourth-order valence-electron chi connectivity index (χ4n) is 1.72. The molecule has 0 spiro atoms. The normalized spacial score (nSPS) is 10.7. The number of hydrogen-bond donors (Lipinski definition) is 1. The number of carbonyl (C=O) groups is 1. The highest BCUT2D eigenvalue weighted by molar-refractivity contribution is 7.09. The number of rotatable bonds is 3. The van der Waals surface area contributed by atoms with Gasteiger partial charge in [-0.25, -0.2) is 4.52 Å². The van der Waals surface area contributed by atoms with Crippen LogP contribution in [0.5, 0.6) is 0 Å². The Morgan fingerprint density at radius 3 is 3.06 bits per heavy atom. The van der Waals surface area contributed by atoms with Crippen LogP contribution in [0, 0.1) is 0 Å². The van der Waals surface area contributed by atoms with Gasteiger partial charge < -0.3 is 5.32 Å². The van der Waals surface area contributed by atoms with E-state index in [2.05, 4.69) is 10.4 Å². The molecule has 0 bridgehead atoms. The molecule has 0 aliphatic carbocycles. The lowest BCUT2D eigenvalue weighted by atomic mass is 10.3. The molecule has 0 atom stereocenters. The molecular formula is C13H11N3OS. The molecule has 5 heteroatoms. The van der Waals surface area contributed by atoms with Gasteiger partial charge >= 0.3 is 0 Å². The van der Waals surface area contributed by atoms with E-state index in [0.29, 0.717) is 12.2 Å². The molecule has 0 saturated heterocycles. The largest absolute Gasteiger partial charge is 0.346 e. The lowest BCUT2D eigenvalue weighted by molar-refractivity contribution is 0.0946. The van der Waals surface area contributed by atoms with E-state index in [0.717, 1.165) is 10.4 Å². The van der Waals surface area contributed by atoms with Crippen molar-refractivity contribution in [2.45, 2.75) is 6.54 Å². The fraction of sp³-hybridized carbons (Fsp3) is 0.0769. The van der Waals surface area contributed by atoms with Gasteiger partial charge in [0, 0.05) is 11.1 Å². The molecule has 0 radical (unpaired) electrons. The minimum Gasteiger partial charge on any atom is -0.346 e. The Kier molecular flexibility index (Phi) is 2.82. The molecule has 1 N–H and O–H groups in total. The number of nitrogens with zero attached hydrogens (tertiary/aromatic N) is 2. The highest BCUT2D eigenvalue weighted by Gasteiger charge is 2.10. The van der Waals surface area contributed by atoms with Crippen molar-refractivity contribution in [3.8, 4) is 0 Å². The van der Waals surface area contributed by atoms with Crippen molar-refractivity contribution in [2.75, 3.05) is 0 Å². The molecule has 3 aromatic rings. The van der Waals surface area contributed by atoms with Crippen LogP contribution >= 0.6 is 11.3 Å². The van der Waals surface area contributed by atoms with Crippen LogP contribution in [0.2, 0.25) is 0 Å². The zero-order chi connectivity index (χ0) is 12.4. The van der Waals surface area contributed by atoms with Crippen molar-refractivity contribution >= 4 is 22.8 Å². The average Bonchev–Trinajstić information content (AvgIpc) is 3.04. The second kappa shape index (κ2) is 4.62. The first-order valence-electron chi connectivity index (χ1n) is 5.58. The molecule has 3 rings (SSSR count). The van der Waals surface area contributed by atoms with Crippen LogP contribution in [0.3, 0.4) is 0 Å². The summed E-state index contributed by atoms with van der Waals surface area (Å²) >= 11 is 1.62. The minimum atomic E-state index is -0.146. The van der Waals surface area contributed by atoms with Gasteiger partial charge in [-0.1, -0.05) is 12.1 Å². The predicted molar refractivity (Wildman–Crippen MR) is 70.7 cm³/mol. The molecule has 0 unspecified atom stereocenters. The molecule has 1 amide bonds. The van der Waals surface area contributed by atoms with Gasteiger partial charge in [0.05, 0.1) is 12.1 Å². The Balaban J connectivity index is 1.75. The van der Waals surface area contributed by atoms with Crippen molar-refractivity contribution in [3.05, 3.63) is 58.5 Å². The predicted octanol–water partition coefficient (Wildman–Crippen LogP) is 2.33. The summed E-state index contributed by atoms with van der Waals surface area (Å²) in [5.74, 6) is -0.146. The van der Waals surface area contributed by atoms with Crippen molar-refractivity contribution in [2.24, 2.45) is 0 Å². The van der Waals surface area contributed by atoms with E-state index >= 15 is 0 Å². The summed E-state index contributed by atoms with van der Waals surface area (Å²) in [5.41, 5.74) is 1.36. The summed E-state index contributed by atoms with van der Waals surface area (Å²) in [7, 11) is 0. The highest BCUT2D eigenvalue weighted by atomic mass is 32.1. The number of nitrogens with one attached hydrogen (secondary N) is 1. The van der Waals surface area contributed by atoms with E-state index in [1.165, 1.54) is 0 Å². The zero-order valence-electron chi connectivity index (χ0n) is 9.54. The fourth-order valence-corrected chi connectivity index (χ4v) is 2.36. The molecule has 4 nitrogen and oxygen atoms in total. The van der Waals surface area contributed by atoms with E-state index in [9.17, 15) is 4.79 Å². The van der Waals surface area contributed by atoms with Crippen LogP contribution in [-0.2, 0) is 6.54 Å². The van der Waals surface area contributed by atoms with Crippen LogP contribution < -0.4 is 5.32 Å². The van der Waals surface area contributed by atoms with Crippen LogP contribution in [-0.4, -0.2) is 15.5 Å². The molecule has 90 valence electrons. The van der Waals surface area contributed by atoms with Crippen LogP contribution in [0.1, 0.15) is 15.4 Å². The molecule has 0 saturated carbocycles. The Bertz CT molecular complexity index is 639. The molecule has 0 aromatic carbocycles. The second-order valence-electron chi connectivity index (χ2n) is 3.86. The number of carbonyl (C=O) groups excluding carboxylic acids is 1. The van der Waals surface area contributed by atoms with Crippen LogP contribution in [0.25, 0.3) is 5.52 Å². The van der Waals surface area contributed by atoms with E-state index in [1.54, 1.807) is 21.9 Å². The summed E-state index contributed by atoms with van der Waals surface area (Å²) in [6.07, 6.45) is 1.82. The molecule has 0 fully saturated rings. The third-order valence-electron chi connectivity index (χ3n) is 2.61. The van der Waals surface area contributed by atoms with Gasteiger partial charge in [-0.3, -0.25) is 4.79 Å². The molecule has 0 aliphatic heterocycles. The monoisotopic (exact) mass is 257 g/mol. The van der Waals surface area contributed by atoms with E-state index in [1.807, 2.05) is 41.9 Å². The smallest absolute Gasteiger partial charge is 0.272 e. The van der Waals surface area contributed by atoms with Crippen LogP contribution in [0.15, 0.2) is 48.0 Å². The molecule has 18 heavy (non-hydrogen) atoms. The first-order valence-corrected chi connectivity index (χ1v) is 6.46. The molecule has 0 aliphatic rings. The number of aromatic nitrogens is 2. The lowest BCUT2D eigenvalue weighted by Crippen LogP contribution is -2.22. The SMILES string of the molecule is O=C(NCc1cccs1)c1cc2ccccn2n1. The first kappa shape index (κ1) is 11.0. The van der Waals surface area contributed by atoms with Crippen molar-refractivity contribution in [1.29, 1.82) is 0 Å². The summed E-state index contributed by atoms with van der Waals surface area (Å²) in [5, 5.41) is 9.07. The maximum Gasteiger partial charge on any atom is 0.272 e. The number of pyridine rings is 1. The third-order valence-corrected chi connectivity index (χ3v) is 3.48. The van der Waals surface area contributed by atoms with Crippen molar-refractivity contribution in [3.63, 3.8) is 0 Å². The van der Waals surface area contributed by atoms with E-state index in [-0.39, 0.29) is 5.91 Å².